The molecule has 17 heavy (non-hydrogen) atoms. The van der Waals surface area contributed by atoms with Gasteiger partial charge in [-0.1, -0.05) is 30.3 Å². The third kappa shape index (κ3) is 2.15. The molecule has 0 saturated heterocycles. The van der Waals surface area contributed by atoms with Crippen LogP contribution >= 0.6 is 22.6 Å². The van der Waals surface area contributed by atoms with Crippen molar-refractivity contribution in [2.24, 2.45) is 0 Å². The Morgan fingerprint density at radius 2 is 1.65 bits per heavy atom. The summed E-state index contributed by atoms with van der Waals surface area (Å²) in [6.07, 6.45) is 1.87. The highest BCUT2D eigenvalue weighted by Gasteiger charge is 2.02. The minimum absolute atomic E-state index is 0.778. The van der Waals surface area contributed by atoms with Gasteiger partial charge in [0.25, 0.3) is 0 Å². The third-order valence-electron chi connectivity index (χ3n) is 2.59. The van der Waals surface area contributed by atoms with E-state index in [0.717, 1.165) is 22.3 Å². The van der Waals surface area contributed by atoms with E-state index in [2.05, 4.69) is 44.7 Å². The predicted octanol–water partition coefficient (Wildman–Crippen LogP) is 3.90. The molecule has 1 aromatic heterocycles. The van der Waals surface area contributed by atoms with Crippen molar-refractivity contribution in [1.82, 2.24) is 9.97 Å². The molecule has 3 rings (SSSR count). The highest BCUT2D eigenvalue weighted by Crippen LogP contribution is 2.19. The summed E-state index contributed by atoms with van der Waals surface area (Å²) in [7, 11) is 0. The Morgan fingerprint density at radius 1 is 0.882 bits per heavy atom. The molecule has 0 spiro atoms. The molecule has 0 fully saturated rings. The van der Waals surface area contributed by atoms with Crippen molar-refractivity contribution in [3.05, 3.63) is 58.3 Å². The van der Waals surface area contributed by atoms with E-state index in [9.17, 15) is 0 Å². The maximum atomic E-state index is 4.56. The van der Waals surface area contributed by atoms with E-state index in [1.807, 2.05) is 42.6 Å². The summed E-state index contributed by atoms with van der Waals surface area (Å²) in [5.41, 5.74) is 2.03. The SMILES string of the molecule is Ic1ccc(-c2ncc3ccccc3n2)cc1. The van der Waals surface area contributed by atoms with Crippen LogP contribution in [0.3, 0.4) is 0 Å². The molecule has 0 saturated carbocycles. The van der Waals surface area contributed by atoms with Gasteiger partial charge in [-0.3, -0.25) is 0 Å². The molecule has 0 aliphatic rings. The summed E-state index contributed by atoms with van der Waals surface area (Å²) in [6.45, 7) is 0. The van der Waals surface area contributed by atoms with Gasteiger partial charge in [0.2, 0.25) is 0 Å². The molecular weight excluding hydrogens is 323 g/mol. The van der Waals surface area contributed by atoms with Crippen LogP contribution in [-0.2, 0) is 0 Å². The fourth-order valence-electron chi connectivity index (χ4n) is 1.71. The molecule has 2 aromatic carbocycles. The number of halogens is 1. The molecule has 0 N–H and O–H groups in total. The Bertz CT molecular complexity index is 662. The van der Waals surface area contributed by atoms with E-state index in [4.69, 9.17) is 0 Å². The van der Waals surface area contributed by atoms with Crippen LogP contribution in [0.4, 0.5) is 0 Å². The molecule has 0 atom stereocenters. The summed E-state index contributed by atoms with van der Waals surface area (Å²) in [5.74, 6) is 0.778. The zero-order valence-corrected chi connectivity index (χ0v) is 11.1. The van der Waals surface area contributed by atoms with Crippen LogP contribution in [0, 0.1) is 3.57 Å². The quantitative estimate of drug-likeness (QED) is 0.632. The lowest BCUT2D eigenvalue weighted by atomic mass is 10.2. The second kappa shape index (κ2) is 4.41. The predicted molar refractivity (Wildman–Crippen MR) is 77.7 cm³/mol. The van der Waals surface area contributed by atoms with Gasteiger partial charge < -0.3 is 0 Å². The first kappa shape index (κ1) is 10.7. The number of hydrogen-bond acceptors (Lipinski definition) is 2. The van der Waals surface area contributed by atoms with E-state index in [-0.39, 0.29) is 0 Å². The number of hydrogen-bond donors (Lipinski definition) is 0. The molecule has 0 radical (unpaired) electrons. The van der Waals surface area contributed by atoms with Crippen LogP contribution in [0.5, 0.6) is 0 Å². The summed E-state index contributed by atoms with van der Waals surface area (Å²) < 4.78 is 1.21. The lowest BCUT2D eigenvalue weighted by molar-refractivity contribution is 1.23. The van der Waals surface area contributed by atoms with E-state index in [0.29, 0.717) is 0 Å². The number of benzene rings is 2. The van der Waals surface area contributed by atoms with Gasteiger partial charge in [0.05, 0.1) is 5.52 Å². The molecule has 3 aromatic rings. The molecule has 0 unspecified atom stereocenters. The zero-order chi connectivity index (χ0) is 11.7. The van der Waals surface area contributed by atoms with Gasteiger partial charge in [0.1, 0.15) is 0 Å². The molecule has 2 nitrogen and oxygen atoms in total. The number of rotatable bonds is 1. The molecule has 0 aliphatic carbocycles. The lowest BCUT2D eigenvalue weighted by Gasteiger charge is -2.02. The highest BCUT2D eigenvalue weighted by atomic mass is 127. The van der Waals surface area contributed by atoms with Crippen molar-refractivity contribution in [3.63, 3.8) is 0 Å². The zero-order valence-electron chi connectivity index (χ0n) is 8.97. The van der Waals surface area contributed by atoms with E-state index in [1.54, 1.807) is 0 Å². The van der Waals surface area contributed by atoms with Crippen LogP contribution < -0.4 is 0 Å². The maximum absolute atomic E-state index is 4.56. The average Bonchev–Trinajstić information content (AvgIpc) is 2.39. The minimum atomic E-state index is 0.778. The number of fused-ring (bicyclic) bond motifs is 1. The van der Waals surface area contributed by atoms with Gasteiger partial charge >= 0.3 is 0 Å². The molecule has 1 heterocycles. The van der Waals surface area contributed by atoms with Crippen molar-refractivity contribution in [3.8, 4) is 11.4 Å². The summed E-state index contributed by atoms with van der Waals surface area (Å²) >= 11 is 2.29. The smallest absolute Gasteiger partial charge is 0.159 e. The minimum Gasteiger partial charge on any atom is -0.236 e. The maximum Gasteiger partial charge on any atom is 0.159 e. The number of para-hydroxylation sites is 1. The molecule has 0 amide bonds. The van der Waals surface area contributed by atoms with Crippen molar-refractivity contribution in [2.45, 2.75) is 0 Å². The highest BCUT2D eigenvalue weighted by molar-refractivity contribution is 14.1. The standard InChI is InChI=1S/C14H9IN2/c15-12-7-5-10(6-8-12)14-16-9-11-3-1-2-4-13(11)17-14/h1-9H. The Kier molecular flexibility index (Phi) is 2.76. The van der Waals surface area contributed by atoms with Gasteiger partial charge in [-0.2, -0.15) is 0 Å². The molecule has 0 bridgehead atoms. The van der Waals surface area contributed by atoms with Gasteiger partial charge in [-0.25, -0.2) is 9.97 Å². The van der Waals surface area contributed by atoms with Crippen LogP contribution in [-0.4, -0.2) is 9.97 Å². The number of nitrogens with zero attached hydrogens (tertiary/aromatic N) is 2. The Morgan fingerprint density at radius 3 is 2.47 bits per heavy atom. The molecule has 3 heteroatoms. The van der Waals surface area contributed by atoms with Crippen molar-refractivity contribution in [1.29, 1.82) is 0 Å². The lowest BCUT2D eigenvalue weighted by Crippen LogP contribution is -1.89. The summed E-state index contributed by atoms with van der Waals surface area (Å²) in [5, 5.41) is 1.07. The molecular formula is C14H9IN2. The van der Waals surface area contributed by atoms with Crippen molar-refractivity contribution < 1.29 is 0 Å². The topological polar surface area (TPSA) is 25.8 Å². The Hall–Kier alpha value is -1.49. The van der Waals surface area contributed by atoms with Gasteiger partial charge in [0, 0.05) is 20.7 Å². The normalized spacial score (nSPS) is 10.6. The second-order valence-corrected chi connectivity index (χ2v) is 5.00. The first-order valence-corrected chi connectivity index (χ1v) is 6.38. The fraction of sp³-hybridized carbons (Fsp3) is 0. The molecule has 82 valence electrons. The Labute approximate surface area is 113 Å². The van der Waals surface area contributed by atoms with Crippen molar-refractivity contribution in [2.75, 3.05) is 0 Å². The average molecular weight is 332 g/mol. The van der Waals surface area contributed by atoms with Gasteiger partial charge in [0.15, 0.2) is 5.82 Å². The van der Waals surface area contributed by atoms with Crippen LogP contribution in [0.1, 0.15) is 0 Å². The largest absolute Gasteiger partial charge is 0.236 e. The number of aromatic nitrogens is 2. The van der Waals surface area contributed by atoms with Crippen molar-refractivity contribution >= 4 is 33.5 Å². The van der Waals surface area contributed by atoms with Crippen LogP contribution in [0.25, 0.3) is 22.3 Å². The Balaban J connectivity index is 2.14. The first-order valence-electron chi connectivity index (χ1n) is 5.31. The second-order valence-electron chi connectivity index (χ2n) is 3.76. The molecule has 0 aliphatic heterocycles. The van der Waals surface area contributed by atoms with Crippen LogP contribution in [0.2, 0.25) is 0 Å². The van der Waals surface area contributed by atoms with E-state index in [1.165, 1.54) is 3.57 Å². The summed E-state index contributed by atoms with van der Waals surface area (Å²) in [4.78, 5) is 8.95. The van der Waals surface area contributed by atoms with E-state index < -0.39 is 0 Å². The third-order valence-corrected chi connectivity index (χ3v) is 3.31. The summed E-state index contributed by atoms with van der Waals surface area (Å²) in [6, 6.07) is 16.2. The van der Waals surface area contributed by atoms with Gasteiger partial charge in [-0.05, 0) is 40.8 Å². The first-order chi connectivity index (χ1) is 8.33. The fourth-order valence-corrected chi connectivity index (χ4v) is 2.07. The van der Waals surface area contributed by atoms with Gasteiger partial charge in [-0.15, -0.1) is 0 Å². The van der Waals surface area contributed by atoms with Crippen LogP contribution in [0.15, 0.2) is 54.7 Å². The monoisotopic (exact) mass is 332 g/mol. The van der Waals surface area contributed by atoms with E-state index >= 15 is 0 Å².